The number of hydrogen-bond donors (Lipinski definition) is 1. The van der Waals surface area contributed by atoms with Crippen molar-refractivity contribution in [3.8, 4) is 11.4 Å². The van der Waals surface area contributed by atoms with E-state index in [1.54, 1.807) is 12.4 Å². The third-order valence-electron chi connectivity index (χ3n) is 2.92. The number of nitrogens with zero attached hydrogens (tertiary/aromatic N) is 2. The molecule has 0 atom stereocenters. The van der Waals surface area contributed by atoms with Crippen molar-refractivity contribution in [1.82, 2.24) is 15.3 Å². The first-order chi connectivity index (χ1) is 7.93. The number of hydrogen-bond acceptors (Lipinski definition) is 3. The molecule has 0 unspecified atom stereocenters. The Morgan fingerprint density at radius 3 is 2.81 bits per heavy atom. The zero-order chi connectivity index (χ0) is 10.8. The number of benzene rings is 1. The Morgan fingerprint density at radius 2 is 1.94 bits per heavy atom. The van der Waals surface area contributed by atoms with E-state index in [9.17, 15) is 0 Å². The summed E-state index contributed by atoms with van der Waals surface area (Å²) in [6.45, 7) is 2.04. The normalized spacial score (nSPS) is 14.5. The van der Waals surface area contributed by atoms with Gasteiger partial charge < -0.3 is 5.32 Å². The maximum Gasteiger partial charge on any atom is 0.159 e. The van der Waals surface area contributed by atoms with Crippen LogP contribution >= 0.6 is 0 Å². The van der Waals surface area contributed by atoms with E-state index in [1.807, 2.05) is 6.07 Å². The van der Waals surface area contributed by atoms with Crippen LogP contribution in [0.25, 0.3) is 11.4 Å². The molecule has 0 aliphatic carbocycles. The SMILES string of the molecule is c1cnc(-c2ccc3c(c2)CCNC3)nc1. The summed E-state index contributed by atoms with van der Waals surface area (Å²) in [6.07, 6.45) is 4.66. The molecule has 2 aromatic rings. The third kappa shape index (κ3) is 1.70. The molecule has 0 spiro atoms. The topological polar surface area (TPSA) is 37.8 Å². The van der Waals surface area contributed by atoms with Crippen molar-refractivity contribution in [3.05, 3.63) is 47.8 Å². The van der Waals surface area contributed by atoms with E-state index in [0.29, 0.717) is 0 Å². The monoisotopic (exact) mass is 211 g/mol. The van der Waals surface area contributed by atoms with Crippen molar-refractivity contribution in [2.24, 2.45) is 0 Å². The molecule has 0 fully saturated rings. The Kier molecular flexibility index (Phi) is 2.38. The Bertz CT molecular complexity index is 494. The van der Waals surface area contributed by atoms with Crippen LogP contribution in [0.3, 0.4) is 0 Å². The summed E-state index contributed by atoms with van der Waals surface area (Å²) in [4.78, 5) is 8.54. The number of aromatic nitrogens is 2. The van der Waals surface area contributed by atoms with Gasteiger partial charge in [-0.05, 0) is 36.2 Å². The fraction of sp³-hybridized carbons (Fsp3) is 0.231. The molecule has 1 aliphatic heterocycles. The molecule has 80 valence electrons. The average molecular weight is 211 g/mol. The minimum Gasteiger partial charge on any atom is -0.312 e. The smallest absolute Gasteiger partial charge is 0.159 e. The Balaban J connectivity index is 2.03. The van der Waals surface area contributed by atoms with Gasteiger partial charge in [0, 0.05) is 24.5 Å². The molecule has 3 rings (SSSR count). The van der Waals surface area contributed by atoms with Gasteiger partial charge in [0.05, 0.1) is 0 Å². The molecule has 0 saturated heterocycles. The fourth-order valence-corrected chi connectivity index (χ4v) is 2.06. The highest BCUT2D eigenvalue weighted by Crippen LogP contribution is 2.21. The molecule has 1 aliphatic rings. The van der Waals surface area contributed by atoms with Gasteiger partial charge in [-0.2, -0.15) is 0 Å². The summed E-state index contributed by atoms with van der Waals surface area (Å²) >= 11 is 0. The lowest BCUT2D eigenvalue weighted by Gasteiger charge is -2.17. The van der Waals surface area contributed by atoms with Crippen LogP contribution < -0.4 is 5.32 Å². The van der Waals surface area contributed by atoms with Crippen molar-refractivity contribution in [2.75, 3.05) is 6.54 Å². The quantitative estimate of drug-likeness (QED) is 0.781. The van der Waals surface area contributed by atoms with Gasteiger partial charge in [-0.1, -0.05) is 12.1 Å². The maximum atomic E-state index is 4.27. The first-order valence-electron chi connectivity index (χ1n) is 5.53. The molecule has 1 N–H and O–H groups in total. The first kappa shape index (κ1) is 9.48. The van der Waals surface area contributed by atoms with Gasteiger partial charge in [0.25, 0.3) is 0 Å². The molecule has 0 radical (unpaired) electrons. The molecule has 0 bridgehead atoms. The molecule has 1 aromatic heterocycles. The highest BCUT2D eigenvalue weighted by Gasteiger charge is 2.10. The maximum absolute atomic E-state index is 4.27. The van der Waals surface area contributed by atoms with Crippen LogP contribution in [-0.4, -0.2) is 16.5 Å². The molecule has 16 heavy (non-hydrogen) atoms. The summed E-state index contributed by atoms with van der Waals surface area (Å²) in [5.74, 6) is 0.809. The summed E-state index contributed by atoms with van der Waals surface area (Å²) in [6, 6.07) is 8.33. The minimum atomic E-state index is 0.809. The summed E-state index contributed by atoms with van der Waals surface area (Å²) in [5, 5.41) is 3.37. The van der Waals surface area contributed by atoms with Crippen LogP contribution in [0.1, 0.15) is 11.1 Å². The van der Waals surface area contributed by atoms with E-state index < -0.39 is 0 Å². The van der Waals surface area contributed by atoms with Crippen molar-refractivity contribution < 1.29 is 0 Å². The molecular formula is C13H13N3. The molecule has 0 saturated carbocycles. The molecule has 0 amide bonds. The van der Waals surface area contributed by atoms with E-state index in [2.05, 4.69) is 33.5 Å². The zero-order valence-corrected chi connectivity index (χ0v) is 8.98. The van der Waals surface area contributed by atoms with Gasteiger partial charge in [-0.15, -0.1) is 0 Å². The summed E-state index contributed by atoms with van der Waals surface area (Å²) < 4.78 is 0. The fourth-order valence-electron chi connectivity index (χ4n) is 2.06. The van der Waals surface area contributed by atoms with Crippen LogP contribution in [0.15, 0.2) is 36.7 Å². The van der Waals surface area contributed by atoms with Gasteiger partial charge in [0.1, 0.15) is 0 Å². The lowest BCUT2D eigenvalue weighted by atomic mass is 9.98. The molecule has 3 heteroatoms. The van der Waals surface area contributed by atoms with Crippen LogP contribution in [0.2, 0.25) is 0 Å². The first-order valence-corrected chi connectivity index (χ1v) is 5.53. The molecular weight excluding hydrogens is 198 g/mol. The van der Waals surface area contributed by atoms with E-state index in [1.165, 1.54) is 11.1 Å². The number of rotatable bonds is 1. The van der Waals surface area contributed by atoms with Crippen molar-refractivity contribution in [2.45, 2.75) is 13.0 Å². The van der Waals surface area contributed by atoms with Crippen molar-refractivity contribution in [3.63, 3.8) is 0 Å². The second-order valence-corrected chi connectivity index (χ2v) is 3.98. The minimum absolute atomic E-state index is 0.809. The summed E-state index contributed by atoms with van der Waals surface area (Å²) in [7, 11) is 0. The van der Waals surface area contributed by atoms with Gasteiger partial charge in [-0.3, -0.25) is 0 Å². The number of nitrogens with one attached hydrogen (secondary N) is 1. The van der Waals surface area contributed by atoms with Gasteiger partial charge in [-0.25, -0.2) is 9.97 Å². The largest absolute Gasteiger partial charge is 0.312 e. The standard InChI is InChI=1S/C13H13N3/c1-5-15-13(16-6-1)11-2-3-12-9-14-7-4-10(12)8-11/h1-3,5-6,8,14H,4,7,9H2. The molecule has 2 heterocycles. The van der Waals surface area contributed by atoms with Crippen LogP contribution in [0.5, 0.6) is 0 Å². The predicted molar refractivity (Wildman–Crippen MR) is 62.9 cm³/mol. The molecule has 1 aromatic carbocycles. The Morgan fingerprint density at radius 1 is 1.06 bits per heavy atom. The zero-order valence-electron chi connectivity index (χ0n) is 8.98. The van der Waals surface area contributed by atoms with E-state index >= 15 is 0 Å². The van der Waals surface area contributed by atoms with E-state index in [4.69, 9.17) is 0 Å². The average Bonchev–Trinajstić information content (AvgIpc) is 2.39. The highest BCUT2D eigenvalue weighted by atomic mass is 14.9. The highest BCUT2D eigenvalue weighted by molar-refractivity contribution is 5.57. The number of fused-ring (bicyclic) bond motifs is 1. The third-order valence-corrected chi connectivity index (χ3v) is 2.92. The Hall–Kier alpha value is -1.74. The van der Waals surface area contributed by atoms with Crippen molar-refractivity contribution >= 4 is 0 Å². The van der Waals surface area contributed by atoms with Gasteiger partial charge >= 0.3 is 0 Å². The van der Waals surface area contributed by atoms with Gasteiger partial charge in [0.15, 0.2) is 5.82 Å². The van der Waals surface area contributed by atoms with E-state index in [0.717, 1.165) is 30.9 Å². The second kappa shape index (κ2) is 4.02. The lowest BCUT2D eigenvalue weighted by molar-refractivity contribution is 0.644. The lowest BCUT2D eigenvalue weighted by Crippen LogP contribution is -2.23. The van der Waals surface area contributed by atoms with Crippen molar-refractivity contribution in [1.29, 1.82) is 0 Å². The molecule has 3 nitrogen and oxygen atoms in total. The summed E-state index contributed by atoms with van der Waals surface area (Å²) in [5.41, 5.74) is 3.93. The van der Waals surface area contributed by atoms with Gasteiger partial charge in [0.2, 0.25) is 0 Å². The van der Waals surface area contributed by atoms with Crippen LogP contribution in [-0.2, 0) is 13.0 Å². The van der Waals surface area contributed by atoms with Crippen LogP contribution in [0, 0.1) is 0 Å². The second-order valence-electron chi connectivity index (χ2n) is 3.98. The predicted octanol–water partition coefficient (Wildman–Crippen LogP) is 1.79. The van der Waals surface area contributed by atoms with Crippen LogP contribution in [0.4, 0.5) is 0 Å². The Labute approximate surface area is 94.6 Å². The van der Waals surface area contributed by atoms with E-state index in [-0.39, 0.29) is 0 Å².